The highest BCUT2D eigenvalue weighted by Crippen LogP contribution is 1.98. The van der Waals surface area contributed by atoms with E-state index in [4.69, 9.17) is 0 Å². The number of rotatable bonds is 6. The predicted molar refractivity (Wildman–Crippen MR) is 59.0 cm³/mol. The first-order chi connectivity index (χ1) is 6.86. The summed E-state index contributed by atoms with van der Waals surface area (Å²) in [6.45, 7) is 7.89. The normalized spacial score (nSPS) is 10.4. The zero-order valence-electron chi connectivity index (χ0n) is 9.01. The summed E-state index contributed by atoms with van der Waals surface area (Å²) < 4.78 is 0. The monoisotopic (exact) mass is 193 g/mol. The molecule has 0 aromatic carbocycles. The molecule has 0 aliphatic carbocycles. The molecular formula is C11H19N3. The lowest BCUT2D eigenvalue weighted by Crippen LogP contribution is -2.16. The van der Waals surface area contributed by atoms with Gasteiger partial charge in [0.1, 0.15) is 0 Å². The molecule has 1 heterocycles. The van der Waals surface area contributed by atoms with Crippen molar-refractivity contribution < 1.29 is 0 Å². The third-order valence-electron chi connectivity index (χ3n) is 1.98. The van der Waals surface area contributed by atoms with Gasteiger partial charge in [0.15, 0.2) is 0 Å². The lowest BCUT2D eigenvalue weighted by Gasteiger charge is -2.05. The van der Waals surface area contributed by atoms with Crippen molar-refractivity contribution in [2.24, 2.45) is 0 Å². The summed E-state index contributed by atoms with van der Waals surface area (Å²) in [6, 6.07) is 6.17. The first-order valence-corrected chi connectivity index (χ1v) is 5.23. The van der Waals surface area contributed by atoms with Gasteiger partial charge in [-0.15, -0.1) is 0 Å². The van der Waals surface area contributed by atoms with Crippen LogP contribution in [0.5, 0.6) is 0 Å². The van der Waals surface area contributed by atoms with Crippen LogP contribution in [0, 0.1) is 0 Å². The Labute approximate surface area is 85.9 Å². The van der Waals surface area contributed by atoms with Gasteiger partial charge in [-0.25, -0.2) is 0 Å². The maximum absolute atomic E-state index is 4.52. The minimum absolute atomic E-state index is 0.858. The molecular weight excluding hydrogens is 174 g/mol. The molecule has 1 aromatic heterocycles. The topological polar surface area (TPSA) is 37.0 Å². The molecule has 0 saturated carbocycles. The van der Waals surface area contributed by atoms with E-state index in [0.717, 1.165) is 37.6 Å². The fourth-order valence-electron chi connectivity index (χ4n) is 1.23. The van der Waals surface area contributed by atoms with Crippen molar-refractivity contribution >= 4 is 0 Å². The van der Waals surface area contributed by atoms with Gasteiger partial charge in [-0.05, 0) is 25.2 Å². The Hall–Kier alpha value is -0.930. The van der Waals surface area contributed by atoms with Crippen LogP contribution in [0.1, 0.15) is 25.2 Å². The summed E-state index contributed by atoms with van der Waals surface area (Å²) in [5.41, 5.74) is 2.23. The molecule has 0 unspecified atom stereocenters. The average Bonchev–Trinajstić information content (AvgIpc) is 2.24. The molecule has 0 atom stereocenters. The van der Waals surface area contributed by atoms with Crippen molar-refractivity contribution in [1.29, 1.82) is 0 Å². The van der Waals surface area contributed by atoms with E-state index in [-0.39, 0.29) is 0 Å². The molecule has 0 radical (unpaired) electrons. The SMILES string of the molecule is CCNCc1cccc(CNCC)n1. The van der Waals surface area contributed by atoms with Crippen molar-refractivity contribution in [1.82, 2.24) is 15.6 Å². The van der Waals surface area contributed by atoms with Crippen LogP contribution < -0.4 is 10.6 Å². The van der Waals surface area contributed by atoms with Gasteiger partial charge in [0.05, 0.1) is 11.4 Å². The van der Waals surface area contributed by atoms with Crippen LogP contribution in [0.2, 0.25) is 0 Å². The first kappa shape index (κ1) is 11.1. The number of aromatic nitrogens is 1. The summed E-state index contributed by atoms with van der Waals surface area (Å²) in [6.07, 6.45) is 0. The number of hydrogen-bond acceptors (Lipinski definition) is 3. The van der Waals surface area contributed by atoms with Crippen LogP contribution >= 0.6 is 0 Å². The lowest BCUT2D eigenvalue weighted by molar-refractivity contribution is 0.682. The van der Waals surface area contributed by atoms with E-state index in [9.17, 15) is 0 Å². The summed E-state index contributed by atoms with van der Waals surface area (Å²) in [7, 11) is 0. The standard InChI is InChI=1S/C11H19N3/c1-3-12-8-10-6-5-7-11(14-10)9-13-4-2/h5-7,12-13H,3-4,8-9H2,1-2H3. The van der Waals surface area contributed by atoms with Crippen LogP contribution in [0.15, 0.2) is 18.2 Å². The van der Waals surface area contributed by atoms with E-state index in [1.807, 2.05) is 0 Å². The molecule has 0 aliphatic heterocycles. The Morgan fingerprint density at radius 3 is 1.93 bits per heavy atom. The summed E-state index contributed by atoms with van der Waals surface area (Å²) in [4.78, 5) is 4.52. The van der Waals surface area contributed by atoms with Crippen molar-refractivity contribution in [3.05, 3.63) is 29.6 Å². The maximum atomic E-state index is 4.52. The fourth-order valence-corrected chi connectivity index (χ4v) is 1.23. The number of nitrogens with zero attached hydrogens (tertiary/aromatic N) is 1. The second-order valence-corrected chi connectivity index (χ2v) is 3.18. The van der Waals surface area contributed by atoms with Gasteiger partial charge in [-0.1, -0.05) is 19.9 Å². The minimum atomic E-state index is 0.858. The molecule has 14 heavy (non-hydrogen) atoms. The average molecular weight is 193 g/mol. The molecule has 1 aromatic rings. The largest absolute Gasteiger partial charge is 0.311 e. The van der Waals surface area contributed by atoms with Gasteiger partial charge < -0.3 is 10.6 Å². The van der Waals surface area contributed by atoms with Crippen LogP contribution in [0.4, 0.5) is 0 Å². The summed E-state index contributed by atoms with van der Waals surface area (Å²) >= 11 is 0. The molecule has 0 amide bonds. The Morgan fingerprint density at radius 2 is 1.50 bits per heavy atom. The van der Waals surface area contributed by atoms with E-state index in [0.29, 0.717) is 0 Å². The summed E-state index contributed by atoms with van der Waals surface area (Å²) in [5, 5.41) is 6.53. The van der Waals surface area contributed by atoms with E-state index < -0.39 is 0 Å². The fraction of sp³-hybridized carbons (Fsp3) is 0.545. The Kier molecular flexibility index (Phi) is 5.19. The third-order valence-corrected chi connectivity index (χ3v) is 1.98. The number of nitrogens with one attached hydrogen (secondary N) is 2. The molecule has 0 saturated heterocycles. The molecule has 78 valence electrons. The second-order valence-electron chi connectivity index (χ2n) is 3.18. The quantitative estimate of drug-likeness (QED) is 0.715. The maximum Gasteiger partial charge on any atom is 0.0545 e. The Balaban J connectivity index is 2.50. The van der Waals surface area contributed by atoms with Gasteiger partial charge in [-0.2, -0.15) is 0 Å². The van der Waals surface area contributed by atoms with Gasteiger partial charge in [0, 0.05) is 13.1 Å². The molecule has 1 rings (SSSR count). The van der Waals surface area contributed by atoms with E-state index in [2.05, 4.69) is 47.7 Å². The van der Waals surface area contributed by atoms with Crippen LogP contribution in [-0.2, 0) is 13.1 Å². The van der Waals surface area contributed by atoms with E-state index >= 15 is 0 Å². The molecule has 2 N–H and O–H groups in total. The number of pyridine rings is 1. The minimum Gasteiger partial charge on any atom is -0.311 e. The van der Waals surface area contributed by atoms with Crippen LogP contribution in [0.3, 0.4) is 0 Å². The van der Waals surface area contributed by atoms with Gasteiger partial charge in [-0.3, -0.25) is 4.98 Å². The molecule has 0 bridgehead atoms. The summed E-state index contributed by atoms with van der Waals surface area (Å²) in [5.74, 6) is 0. The van der Waals surface area contributed by atoms with E-state index in [1.54, 1.807) is 0 Å². The highest BCUT2D eigenvalue weighted by atomic mass is 14.9. The van der Waals surface area contributed by atoms with Crippen molar-refractivity contribution in [3.63, 3.8) is 0 Å². The van der Waals surface area contributed by atoms with Crippen LogP contribution in [-0.4, -0.2) is 18.1 Å². The molecule has 0 fully saturated rings. The van der Waals surface area contributed by atoms with Crippen LogP contribution in [0.25, 0.3) is 0 Å². The van der Waals surface area contributed by atoms with Gasteiger partial charge in [0.25, 0.3) is 0 Å². The Morgan fingerprint density at radius 1 is 1.00 bits per heavy atom. The molecule has 0 spiro atoms. The zero-order chi connectivity index (χ0) is 10.2. The highest BCUT2D eigenvalue weighted by molar-refractivity contribution is 5.11. The smallest absolute Gasteiger partial charge is 0.0545 e. The van der Waals surface area contributed by atoms with Gasteiger partial charge >= 0.3 is 0 Å². The molecule has 3 nitrogen and oxygen atoms in total. The van der Waals surface area contributed by atoms with Crippen molar-refractivity contribution in [2.45, 2.75) is 26.9 Å². The lowest BCUT2D eigenvalue weighted by atomic mass is 10.3. The number of hydrogen-bond donors (Lipinski definition) is 2. The van der Waals surface area contributed by atoms with E-state index in [1.165, 1.54) is 0 Å². The second kappa shape index (κ2) is 6.51. The highest BCUT2D eigenvalue weighted by Gasteiger charge is 1.96. The Bertz CT molecular complexity index is 237. The van der Waals surface area contributed by atoms with Crippen molar-refractivity contribution in [2.75, 3.05) is 13.1 Å². The third kappa shape index (κ3) is 3.85. The van der Waals surface area contributed by atoms with Gasteiger partial charge in [0.2, 0.25) is 0 Å². The predicted octanol–water partition coefficient (Wildman–Crippen LogP) is 1.30. The zero-order valence-corrected chi connectivity index (χ0v) is 9.01. The first-order valence-electron chi connectivity index (χ1n) is 5.23. The molecule has 0 aliphatic rings. The van der Waals surface area contributed by atoms with Crippen molar-refractivity contribution in [3.8, 4) is 0 Å². The molecule has 3 heteroatoms.